The van der Waals surface area contributed by atoms with Gasteiger partial charge < -0.3 is 10.0 Å². The summed E-state index contributed by atoms with van der Waals surface area (Å²) in [7, 11) is -1.96. The molecule has 2 aromatic heterocycles. The average molecular weight is 604 g/mol. The molecule has 4 aromatic rings. The zero-order valence-electron chi connectivity index (χ0n) is 24.3. The first-order valence-corrected chi connectivity index (χ1v) is 17.1. The van der Waals surface area contributed by atoms with Crippen molar-refractivity contribution in [1.82, 2.24) is 14.2 Å². The van der Waals surface area contributed by atoms with Crippen LogP contribution in [0.3, 0.4) is 0 Å². The van der Waals surface area contributed by atoms with Gasteiger partial charge in [-0.25, -0.2) is 8.42 Å². The van der Waals surface area contributed by atoms with Crippen molar-refractivity contribution in [2.45, 2.75) is 54.3 Å². The molecule has 1 aliphatic rings. The fourth-order valence-corrected chi connectivity index (χ4v) is 8.51. The molecule has 5 rings (SSSR count). The van der Waals surface area contributed by atoms with E-state index in [1.807, 2.05) is 48.5 Å². The van der Waals surface area contributed by atoms with Crippen LogP contribution in [0.1, 0.15) is 49.1 Å². The van der Waals surface area contributed by atoms with Gasteiger partial charge in [-0.2, -0.15) is 4.31 Å². The number of piperidine rings is 1. The maximum atomic E-state index is 13.6. The Kier molecular flexibility index (Phi) is 10.2. The largest absolute Gasteiger partial charge is 0.390 e. The van der Waals surface area contributed by atoms with Crippen LogP contribution in [0.4, 0.5) is 0 Å². The Hall–Kier alpha value is -2.88. The first kappa shape index (κ1) is 30.6. The Morgan fingerprint density at radius 1 is 0.952 bits per heavy atom. The van der Waals surface area contributed by atoms with Crippen molar-refractivity contribution in [3.05, 3.63) is 108 Å². The lowest BCUT2D eigenvalue weighted by molar-refractivity contribution is -0.0292. The minimum Gasteiger partial charge on any atom is -0.390 e. The van der Waals surface area contributed by atoms with Gasteiger partial charge in [0.05, 0.1) is 16.2 Å². The van der Waals surface area contributed by atoms with Crippen molar-refractivity contribution in [2.75, 3.05) is 33.2 Å². The van der Waals surface area contributed by atoms with Crippen molar-refractivity contribution in [3.63, 3.8) is 0 Å². The number of nitrogens with zero attached hydrogens (tertiary/aromatic N) is 3. The molecular weight excluding hydrogens is 563 g/mol. The molecule has 0 bridgehead atoms. The summed E-state index contributed by atoms with van der Waals surface area (Å²) >= 11 is 1.26. The highest BCUT2D eigenvalue weighted by molar-refractivity contribution is 7.91. The fourth-order valence-electron chi connectivity index (χ4n) is 5.80. The molecule has 0 aliphatic carbocycles. The molecule has 1 aliphatic heterocycles. The monoisotopic (exact) mass is 603 g/mol. The molecule has 0 saturated carbocycles. The standard InChI is InChI=1S/C34H41N3O3S2/c1-36(42(39,40)33-18-17-32(41-33)31-16-8-9-23-35-31)27-30(29-14-6-3-7-15-29)19-24-37-25-21-34(38,22-26-37)20-10-13-28-11-4-2-5-12-28/h2-9,11-12,14-18,23,30,38H,10,13,19-22,24-27H2,1H3/t30-/m0/s1. The van der Waals surface area contributed by atoms with E-state index in [0.29, 0.717) is 10.8 Å². The summed E-state index contributed by atoms with van der Waals surface area (Å²) in [6, 6.07) is 29.9. The smallest absolute Gasteiger partial charge is 0.252 e. The molecule has 0 amide bonds. The van der Waals surface area contributed by atoms with Gasteiger partial charge in [0.25, 0.3) is 10.0 Å². The van der Waals surface area contributed by atoms with Gasteiger partial charge in [-0.3, -0.25) is 4.98 Å². The van der Waals surface area contributed by atoms with Gasteiger partial charge in [-0.05, 0) is 86.4 Å². The summed E-state index contributed by atoms with van der Waals surface area (Å²) in [6.07, 6.45) is 6.94. The van der Waals surface area contributed by atoms with Crippen LogP contribution < -0.4 is 0 Å². The van der Waals surface area contributed by atoms with Crippen molar-refractivity contribution in [2.24, 2.45) is 0 Å². The Morgan fingerprint density at radius 3 is 2.33 bits per heavy atom. The number of aromatic nitrogens is 1. The van der Waals surface area contributed by atoms with E-state index < -0.39 is 15.6 Å². The Balaban J connectivity index is 1.17. The van der Waals surface area contributed by atoms with E-state index in [4.69, 9.17) is 0 Å². The minimum absolute atomic E-state index is 0.0629. The second-order valence-electron chi connectivity index (χ2n) is 11.4. The van der Waals surface area contributed by atoms with Crippen LogP contribution in [-0.2, 0) is 16.4 Å². The number of rotatable bonds is 13. The van der Waals surface area contributed by atoms with Crippen LogP contribution in [-0.4, -0.2) is 66.5 Å². The van der Waals surface area contributed by atoms with E-state index >= 15 is 0 Å². The number of sulfonamides is 1. The summed E-state index contributed by atoms with van der Waals surface area (Å²) in [5.41, 5.74) is 2.66. The van der Waals surface area contributed by atoms with E-state index in [1.54, 1.807) is 19.3 Å². The van der Waals surface area contributed by atoms with Crippen LogP contribution in [0.5, 0.6) is 0 Å². The Morgan fingerprint density at radius 2 is 1.64 bits per heavy atom. The number of likely N-dealkylation sites (tertiary alicyclic amines) is 1. The number of hydrogen-bond acceptors (Lipinski definition) is 6. The van der Waals surface area contributed by atoms with E-state index in [9.17, 15) is 13.5 Å². The van der Waals surface area contributed by atoms with Gasteiger partial charge in [-0.1, -0.05) is 66.7 Å². The third-order valence-electron chi connectivity index (χ3n) is 8.44. The van der Waals surface area contributed by atoms with Crippen LogP contribution in [0, 0.1) is 0 Å². The highest BCUT2D eigenvalue weighted by atomic mass is 32.2. The van der Waals surface area contributed by atoms with E-state index in [1.165, 1.54) is 21.2 Å². The lowest BCUT2D eigenvalue weighted by Crippen LogP contribution is -2.45. The van der Waals surface area contributed by atoms with Crippen LogP contribution >= 0.6 is 11.3 Å². The molecule has 2 aromatic carbocycles. The van der Waals surface area contributed by atoms with Gasteiger partial charge >= 0.3 is 0 Å². The minimum atomic E-state index is -3.64. The number of likely N-dealkylation sites (N-methyl/N-ethyl adjacent to an activating group) is 1. The topological polar surface area (TPSA) is 73.7 Å². The predicted molar refractivity (Wildman–Crippen MR) is 171 cm³/mol. The highest BCUT2D eigenvalue weighted by Crippen LogP contribution is 2.33. The molecule has 1 N–H and O–H groups in total. The Bertz CT molecular complexity index is 1490. The number of hydrogen-bond donors (Lipinski definition) is 1. The van der Waals surface area contributed by atoms with Gasteiger partial charge in [0.15, 0.2) is 0 Å². The lowest BCUT2D eigenvalue weighted by atomic mass is 9.85. The molecule has 222 valence electrons. The maximum Gasteiger partial charge on any atom is 0.252 e. The van der Waals surface area contributed by atoms with Gasteiger partial charge in [0, 0.05) is 32.9 Å². The van der Waals surface area contributed by atoms with Crippen molar-refractivity contribution >= 4 is 21.4 Å². The lowest BCUT2D eigenvalue weighted by Gasteiger charge is -2.39. The molecule has 8 heteroatoms. The normalized spacial score (nSPS) is 16.5. The maximum absolute atomic E-state index is 13.6. The number of aliphatic hydroxyl groups is 1. The zero-order chi connectivity index (χ0) is 29.4. The van der Waals surface area contributed by atoms with Crippen molar-refractivity contribution in [1.29, 1.82) is 0 Å². The molecule has 0 spiro atoms. The molecule has 0 unspecified atom stereocenters. The molecule has 1 fully saturated rings. The summed E-state index contributed by atoms with van der Waals surface area (Å²) in [4.78, 5) is 7.63. The predicted octanol–water partition coefficient (Wildman–Crippen LogP) is 6.45. The van der Waals surface area contributed by atoms with Gasteiger partial charge in [0.2, 0.25) is 0 Å². The van der Waals surface area contributed by atoms with E-state index in [2.05, 4.69) is 46.3 Å². The van der Waals surface area contributed by atoms with Crippen LogP contribution in [0.25, 0.3) is 10.6 Å². The van der Waals surface area contributed by atoms with Crippen LogP contribution in [0.15, 0.2) is 101 Å². The van der Waals surface area contributed by atoms with Gasteiger partial charge in [-0.15, -0.1) is 11.3 Å². The first-order valence-electron chi connectivity index (χ1n) is 14.8. The second kappa shape index (κ2) is 14.1. The average Bonchev–Trinajstić information content (AvgIpc) is 3.53. The van der Waals surface area contributed by atoms with Crippen LogP contribution in [0.2, 0.25) is 0 Å². The molecule has 0 radical (unpaired) electrons. The molecule has 1 atom stereocenters. The quantitative estimate of drug-likeness (QED) is 0.190. The zero-order valence-corrected chi connectivity index (χ0v) is 25.9. The number of thiophene rings is 1. The molecule has 42 heavy (non-hydrogen) atoms. The highest BCUT2D eigenvalue weighted by Gasteiger charge is 2.32. The van der Waals surface area contributed by atoms with Crippen molar-refractivity contribution < 1.29 is 13.5 Å². The molecule has 3 heterocycles. The van der Waals surface area contributed by atoms with Crippen molar-refractivity contribution in [3.8, 4) is 10.6 Å². The third kappa shape index (κ3) is 7.94. The SMILES string of the molecule is CN(C[C@H](CCN1CCC(O)(CCCc2ccccc2)CC1)c1ccccc1)S(=O)(=O)c1ccc(-c2ccccn2)s1. The summed E-state index contributed by atoms with van der Waals surface area (Å²) < 4.78 is 29.0. The molecule has 6 nitrogen and oxygen atoms in total. The Labute approximate surface area is 254 Å². The third-order valence-corrected chi connectivity index (χ3v) is 11.8. The molecule has 1 saturated heterocycles. The van der Waals surface area contributed by atoms with Gasteiger partial charge in [0.1, 0.15) is 4.21 Å². The summed E-state index contributed by atoms with van der Waals surface area (Å²) in [6.45, 7) is 3.00. The number of benzene rings is 2. The number of pyridine rings is 1. The summed E-state index contributed by atoms with van der Waals surface area (Å²) in [5.74, 6) is 0.0629. The fraction of sp³-hybridized carbons (Fsp3) is 0.382. The first-order chi connectivity index (χ1) is 20.3. The number of aryl methyl sites for hydroxylation is 1. The second-order valence-corrected chi connectivity index (χ2v) is 14.8. The van der Waals surface area contributed by atoms with E-state index in [0.717, 1.165) is 74.3 Å². The summed E-state index contributed by atoms with van der Waals surface area (Å²) in [5, 5.41) is 11.2. The van der Waals surface area contributed by atoms with E-state index in [-0.39, 0.29) is 5.92 Å². The molecular formula is C34H41N3O3S2.